The van der Waals surface area contributed by atoms with Crippen LogP contribution < -0.4 is 16.0 Å². The van der Waals surface area contributed by atoms with Crippen molar-refractivity contribution in [1.29, 1.82) is 0 Å². The van der Waals surface area contributed by atoms with E-state index in [1.165, 1.54) is 5.56 Å². The number of nitrogen functional groups attached to an aromatic ring is 1. The number of nitrogens with two attached hydrogens (primary N) is 1. The van der Waals surface area contributed by atoms with Gasteiger partial charge in [0.1, 0.15) is 5.82 Å². The number of carbonyl (C=O) groups excluding carboxylic acids is 1. The molecule has 2 fully saturated rings. The van der Waals surface area contributed by atoms with Gasteiger partial charge < -0.3 is 30.5 Å². The average Bonchev–Trinajstić information content (AvgIpc) is 3.41. The molecule has 0 saturated carbocycles. The van der Waals surface area contributed by atoms with E-state index in [-0.39, 0.29) is 18.1 Å². The first-order valence-electron chi connectivity index (χ1n) is 13.9. The van der Waals surface area contributed by atoms with Gasteiger partial charge in [0.05, 0.1) is 18.9 Å². The fourth-order valence-electron chi connectivity index (χ4n) is 5.67. The van der Waals surface area contributed by atoms with Gasteiger partial charge in [-0.25, -0.2) is 15.0 Å². The van der Waals surface area contributed by atoms with Crippen LogP contribution in [0.2, 0.25) is 0 Å². The van der Waals surface area contributed by atoms with Crippen molar-refractivity contribution in [2.24, 2.45) is 4.99 Å². The van der Waals surface area contributed by atoms with Gasteiger partial charge in [-0.2, -0.15) is 0 Å². The van der Waals surface area contributed by atoms with Crippen LogP contribution in [0.4, 0.5) is 11.6 Å². The zero-order chi connectivity index (χ0) is 26.8. The Balaban J connectivity index is 1.22. The number of anilines is 2. The van der Waals surface area contributed by atoms with Crippen LogP contribution >= 0.6 is 0 Å². The lowest BCUT2D eigenvalue weighted by molar-refractivity contribution is -0.132. The van der Waals surface area contributed by atoms with Crippen LogP contribution in [0.5, 0.6) is 0 Å². The van der Waals surface area contributed by atoms with Gasteiger partial charge in [0.2, 0.25) is 11.9 Å². The first kappa shape index (κ1) is 25.7. The van der Waals surface area contributed by atoms with Gasteiger partial charge in [0.25, 0.3) is 0 Å². The molecule has 2 aromatic rings. The number of morpholine rings is 1. The molecule has 1 amide bonds. The molecule has 1 atom stereocenters. The number of hydrogen-bond acceptors (Lipinski definition) is 10. The number of ether oxygens (including phenoxy) is 1. The second-order valence-corrected chi connectivity index (χ2v) is 10.6. The highest BCUT2D eigenvalue weighted by Crippen LogP contribution is 2.34. The number of nitrogens with one attached hydrogen (secondary N) is 1. The molecule has 11 nitrogen and oxygen atoms in total. The molecule has 2 saturated heterocycles. The van der Waals surface area contributed by atoms with Crippen LogP contribution in [0.15, 0.2) is 53.0 Å². The van der Waals surface area contributed by atoms with Crippen LogP contribution in [-0.2, 0) is 16.0 Å². The summed E-state index contributed by atoms with van der Waals surface area (Å²) in [4.78, 5) is 35.3. The van der Waals surface area contributed by atoms with Gasteiger partial charge >= 0.3 is 0 Å². The van der Waals surface area contributed by atoms with Gasteiger partial charge in [-0.05, 0) is 37.6 Å². The number of benzene rings is 1. The molecule has 3 N–H and O–H groups in total. The first-order chi connectivity index (χ1) is 19.0. The molecular formula is C28H37N9O2. The molecule has 4 aliphatic rings. The van der Waals surface area contributed by atoms with Crippen LogP contribution in [-0.4, -0.2) is 109 Å². The SMILES string of the molecule is CN1CCN(C(=O)CCc2cccc(N3CCC4=C3NC(N3CCOCC3)N=C4c3cnc(N)nc3)c2)CC1. The lowest BCUT2D eigenvalue weighted by Gasteiger charge is -2.37. The number of aliphatic imine (C=N–C) groups is 1. The van der Waals surface area contributed by atoms with Gasteiger partial charge in [0.15, 0.2) is 6.29 Å². The van der Waals surface area contributed by atoms with E-state index >= 15 is 0 Å². The zero-order valence-electron chi connectivity index (χ0n) is 22.6. The molecule has 0 spiro atoms. The van der Waals surface area contributed by atoms with Crippen molar-refractivity contribution in [1.82, 2.24) is 30.0 Å². The highest BCUT2D eigenvalue weighted by atomic mass is 16.5. The molecule has 1 aromatic heterocycles. The minimum atomic E-state index is -0.204. The lowest BCUT2D eigenvalue weighted by atomic mass is 10.0. The van der Waals surface area contributed by atoms with Crippen LogP contribution in [0.3, 0.4) is 0 Å². The quantitative estimate of drug-likeness (QED) is 0.561. The second kappa shape index (κ2) is 11.3. The molecule has 5 heterocycles. The Hall–Kier alpha value is -3.54. The molecule has 1 unspecified atom stereocenters. The van der Waals surface area contributed by atoms with Gasteiger partial charge in [-0.3, -0.25) is 9.69 Å². The normalized spacial score (nSPS) is 22.5. The molecule has 0 aliphatic carbocycles. The molecule has 4 aliphatic heterocycles. The third-order valence-corrected chi connectivity index (χ3v) is 7.99. The topological polar surface area (TPSA) is 115 Å². The fraction of sp³-hybridized carbons (Fsp3) is 0.500. The van der Waals surface area contributed by atoms with Crippen molar-refractivity contribution < 1.29 is 9.53 Å². The molecular weight excluding hydrogens is 494 g/mol. The Bertz CT molecular complexity index is 1250. The predicted octanol–water partition coefficient (Wildman–Crippen LogP) is 0.895. The zero-order valence-corrected chi connectivity index (χ0v) is 22.6. The van der Waals surface area contributed by atoms with Gasteiger partial charge in [-0.15, -0.1) is 0 Å². The molecule has 11 heteroatoms. The number of likely N-dealkylation sites (N-methyl/N-ethyl adjacent to an activating group) is 1. The monoisotopic (exact) mass is 531 g/mol. The number of piperazine rings is 1. The van der Waals surface area contributed by atoms with Gasteiger partial charge in [0, 0.05) is 81.5 Å². The summed E-state index contributed by atoms with van der Waals surface area (Å²) in [6.07, 6.45) is 5.44. The molecule has 0 radical (unpaired) electrons. The lowest BCUT2D eigenvalue weighted by Crippen LogP contribution is -2.52. The Morgan fingerprint density at radius 3 is 2.62 bits per heavy atom. The van der Waals surface area contributed by atoms with Crippen molar-refractivity contribution in [2.45, 2.75) is 25.6 Å². The summed E-state index contributed by atoms with van der Waals surface area (Å²) >= 11 is 0. The second-order valence-electron chi connectivity index (χ2n) is 10.6. The largest absolute Gasteiger partial charge is 0.379 e. The van der Waals surface area contributed by atoms with E-state index in [4.69, 9.17) is 15.5 Å². The third kappa shape index (κ3) is 5.61. The summed E-state index contributed by atoms with van der Waals surface area (Å²) in [5, 5.41) is 3.72. The van der Waals surface area contributed by atoms with Gasteiger partial charge in [-0.1, -0.05) is 12.1 Å². The predicted molar refractivity (Wildman–Crippen MR) is 150 cm³/mol. The number of hydrogen-bond donors (Lipinski definition) is 2. The van der Waals surface area contributed by atoms with E-state index in [0.717, 1.165) is 87.0 Å². The Labute approximate surface area is 229 Å². The van der Waals surface area contributed by atoms with Crippen molar-refractivity contribution >= 4 is 23.3 Å². The number of carbonyl (C=O) groups is 1. The molecule has 39 heavy (non-hydrogen) atoms. The van der Waals surface area contributed by atoms with E-state index in [9.17, 15) is 4.79 Å². The summed E-state index contributed by atoms with van der Waals surface area (Å²) in [6.45, 7) is 7.37. The summed E-state index contributed by atoms with van der Waals surface area (Å²) in [5.41, 5.74) is 11.0. The summed E-state index contributed by atoms with van der Waals surface area (Å²) in [6, 6.07) is 8.57. The number of amides is 1. The number of aryl methyl sites for hydroxylation is 1. The number of nitrogens with zero attached hydrogens (tertiary/aromatic N) is 7. The average molecular weight is 532 g/mol. The van der Waals surface area contributed by atoms with Crippen molar-refractivity contribution in [3.05, 3.63) is 59.2 Å². The minimum Gasteiger partial charge on any atom is -0.379 e. The standard InChI is InChI=1S/C28H37N9O2/c1-34-9-11-35(12-10-34)24(38)6-5-20-3-2-4-22(17-20)37-8-7-23-25(21-18-30-27(29)31-19-21)32-28(33-26(23)37)36-13-15-39-16-14-36/h2-4,17-19,28,33H,5-16H2,1H3,(H2,29,30,31). The maximum absolute atomic E-state index is 12.8. The summed E-state index contributed by atoms with van der Waals surface area (Å²) < 4.78 is 5.59. The molecule has 6 rings (SSSR count). The maximum atomic E-state index is 12.8. The Morgan fingerprint density at radius 2 is 1.85 bits per heavy atom. The smallest absolute Gasteiger partial charge is 0.222 e. The van der Waals surface area contributed by atoms with E-state index in [1.54, 1.807) is 12.4 Å². The fourth-order valence-corrected chi connectivity index (χ4v) is 5.67. The first-order valence-corrected chi connectivity index (χ1v) is 13.9. The van der Waals surface area contributed by atoms with E-state index in [0.29, 0.717) is 19.6 Å². The summed E-state index contributed by atoms with van der Waals surface area (Å²) in [7, 11) is 2.11. The van der Waals surface area contributed by atoms with Crippen molar-refractivity contribution in [3.8, 4) is 0 Å². The van der Waals surface area contributed by atoms with Crippen LogP contribution in [0.1, 0.15) is 24.0 Å². The van der Waals surface area contributed by atoms with Crippen LogP contribution in [0.25, 0.3) is 0 Å². The van der Waals surface area contributed by atoms with Crippen molar-refractivity contribution in [2.75, 3.05) is 76.7 Å². The number of aromatic nitrogens is 2. The molecule has 1 aromatic carbocycles. The number of rotatable bonds is 6. The maximum Gasteiger partial charge on any atom is 0.222 e. The third-order valence-electron chi connectivity index (χ3n) is 7.99. The molecule has 206 valence electrons. The van der Waals surface area contributed by atoms with Crippen molar-refractivity contribution in [3.63, 3.8) is 0 Å². The minimum absolute atomic E-state index is 0.204. The molecule has 0 bridgehead atoms. The Kier molecular flexibility index (Phi) is 7.45. The van der Waals surface area contributed by atoms with E-state index in [1.807, 2.05) is 4.90 Å². The van der Waals surface area contributed by atoms with Crippen LogP contribution in [0, 0.1) is 0 Å². The van der Waals surface area contributed by atoms with E-state index in [2.05, 4.69) is 61.3 Å². The highest BCUT2D eigenvalue weighted by molar-refractivity contribution is 6.14. The Morgan fingerprint density at radius 1 is 1.08 bits per heavy atom. The van der Waals surface area contributed by atoms with E-state index < -0.39 is 0 Å². The summed E-state index contributed by atoms with van der Waals surface area (Å²) in [5.74, 6) is 1.57. The highest BCUT2D eigenvalue weighted by Gasteiger charge is 2.35.